The predicted molar refractivity (Wildman–Crippen MR) is 52.8 cm³/mol. The normalized spacial score (nSPS) is 16.1. The minimum Gasteiger partial charge on any atom is -0.288 e. The fourth-order valence-corrected chi connectivity index (χ4v) is 1.52. The highest BCUT2D eigenvalue weighted by atomic mass is 32.2. The van der Waals surface area contributed by atoms with Gasteiger partial charge in [-0.1, -0.05) is 11.8 Å². The molecule has 2 unspecified atom stereocenters. The van der Waals surface area contributed by atoms with Gasteiger partial charge in [0, 0.05) is 12.7 Å². The molecule has 0 aliphatic rings. The first-order chi connectivity index (χ1) is 6.78. The molecule has 0 aromatic rings. The average Bonchev–Trinajstić information content (AvgIpc) is 2.11. The molecule has 90 valence electrons. The molecule has 0 N–H and O–H groups in total. The summed E-state index contributed by atoms with van der Waals surface area (Å²) in [5.74, 6) is -3.65. The molecule has 1 nitrogen and oxygen atoms in total. The second-order valence-corrected chi connectivity index (χ2v) is 4.51. The Morgan fingerprint density at radius 2 is 1.93 bits per heavy atom. The molecule has 2 atom stereocenters. The van der Waals surface area contributed by atoms with E-state index in [-0.39, 0.29) is 17.3 Å². The lowest BCUT2D eigenvalue weighted by Gasteiger charge is -2.21. The van der Waals surface area contributed by atoms with Crippen LogP contribution in [0.5, 0.6) is 0 Å². The van der Waals surface area contributed by atoms with E-state index in [1.165, 1.54) is 6.92 Å². The molecule has 0 amide bonds. The first kappa shape index (κ1) is 14.7. The Hall–Kier alpha value is -0.260. The van der Waals surface area contributed by atoms with Gasteiger partial charge in [-0.25, -0.2) is 17.6 Å². The zero-order chi connectivity index (χ0) is 12.1. The molecule has 0 aliphatic heterocycles. The maximum atomic E-state index is 12.9. The summed E-state index contributed by atoms with van der Waals surface area (Å²) in [6.07, 6.45) is -5.27. The van der Waals surface area contributed by atoms with E-state index in [1.807, 2.05) is 0 Å². The van der Waals surface area contributed by atoms with Gasteiger partial charge >= 0.3 is 5.92 Å². The van der Waals surface area contributed by atoms with Gasteiger partial charge in [-0.3, -0.25) is 4.79 Å². The minimum atomic E-state index is -3.93. The summed E-state index contributed by atoms with van der Waals surface area (Å²) in [5.41, 5.74) is 0. The van der Waals surface area contributed by atoms with Gasteiger partial charge < -0.3 is 0 Å². The van der Waals surface area contributed by atoms with E-state index in [1.54, 1.807) is 0 Å². The van der Waals surface area contributed by atoms with Gasteiger partial charge in [-0.2, -0.15) is 0 Å². The van der Waals surface area contributed by atoms with Crippen LogP contribution in [0.2, 0.25) is 0 Å². The molecule has 0 aromatic heterocycles. The van der Waals surface area contributed by atoms with Crippen LogP contribution in [-0.4, -0.2) is 29.1 Å². The Morgan fingerprint density at radius 3 is 2.33 bits per heavy atom. The van der Waals surface area contributed by atoms with E-state index in [9.17, 15) is 22.4 Å². The van der Waals surface area contributed by atoms with E-state index in [4.69, 9.17) is 0 Å². The van der Waals surface area contributed by atoms with Crippen molar-refractivity contribution < 1.29 is 22.4 Å². The minimum absolute atomic E-state index is 0.133. The zero-order valence-electron chi connectivity index (χ0n) is 8.60. The highest BCUT2D eigenvalue weighted by molar-refractivity contribution is 8.13. The van der Waals surface area contributed by atoms with Crippen LogP contribution in [0, 0.1) is 0 Å². The molecule has 0 saturated heterocycles. The lowest BCUT2D eigenvalue weighted by atomic mass is 10.1. The number of thioether (sulfide) groups is 1. The van der Waals surface area contributed by atoms with Gasteiger partial charge in [0.15, 0.2) is 17.5 Å². The monoisotopic (exact) mass is 246 g/mol. The van der Waals surface area contributed by atoms with Crippen molar-refractivity contribution in [3.8, 4) is 0 Å². The SMILES string of the molecule is CC(=O)SCCCC(F)C(F)(F)C(C)F. The molecule has 15 heavy (non-hydrogen) atoms. The third-order valence-electron chi connectivity index (χ3n) is 1.86. The number of hydrogen-bond donors (Lipinski definition) is 0. The predicted octanol–water partition coefficient (Wildman–Crippen LogP) is 3.38. The van der Waals surface area contributed by atoms with E-state index in [0.717, 1.165) is 11.8 Å². The maximum absolute atomic E-state index is 12.9. The lowest BCUT2D eigenvalue weighted by Crippen LogP contribution is -2.38. The highest BCUT2D eigenvalue weighted by Gasteiger charge is 2.45. The summed E-state index contributed by atoms with van der Waals surface area (Å²) in [4.78, 5) is 10.5. The molecular weight excluding hydrogens is 232 g/mol. The van der Waals surface area contributed by atoms with Crippen LogP contribution in [0.4, 0.5) is 17.6 Å². The molecule has 0 radical (unpaired) electrons. The van der Waals surface area contributed by atoms with Crippen molar-refractivity contribution >= 4 is 16.9 Å². The molecule has 6 heteroatoms. The molecule has 0 heterocycles. The van der Waals surface area contributed by atoms with Crippen molar-refractivity contribution in [3.05, 3.63) is 0 Å². The van der Waals surface area contributed by atoms with Gasteiger partial charge in [0.2, 0.25) is 0 Å². The van der Waals surface area contributed by atoms with E-state index >= 15 is 0 Å². The van der Waals surface area contributed by atoms with Crippen LogP contribution in [0.3, 0.4) is 0 Å². The third kappa shape index (κ3) is 5.39. The number of carbonyl (C=O) groups is 1. The van der Waals surface area contributed by atoms with E-state index in [0.29, 0.717) is 6.92 Å². The molecule has 0 aromatic carbocycles. The smallest absolute Gasteiger partial charge is 0.288 e. The van der Waals surface area contributed by atoms with Crippen molar-refractivity contribution in [2.24, 2.45) is 0 Å². The Balaban J connectivity index is 3.83. The highest BCUT2D eigenvalue weighted by Crippen LogP contribution is 2.30. The third-order valence-corrected chi connectivity index (χ3v) is 2.75. The summed E-state index contributed by atoms with van der Waals surface area (Å²) in [5, 5.41) is -0.143. The van der Waals surface area contributed by atoms with Crippen molar-refractivity contribution in [3.63, 3.8) is 0 Å². The van der Waals surface area contributed by atoms with Crippen molar-refractivity contribution in [1.82, 2.24) is 0 Å². The maximum Gasteiger partial charge on any atom is 0.308 e. The molecule has 0 saturated carbocycles. The second kappa shape index (κ2) is 6.35. The molecular formula is C9H14F4OS. The number of alkyl halides is 4. The summed E-state index contributed by atoms with van der Waals surface area (Å²) < 4.78 is 50.6. The van der Waals surface area contributed by atoms with Gasteiger partial charge in [0.1, 0.15) is 0 Å². The van der Waals surface area contributed by atoms with Crippen molar-refractivity contribution in [2.75, 3.05) is 5.75 Å². The number of halogens is 4. The summed E-state index contributed by atoms with van der Waals surface area (Å²) in [7, 11) is 0. The van der Waals surface area contributed by atoms with E-state index in [2.05, 4.69) is 0 Å². The molecule has 0 spiro atoms. The number of carbonyl (C=O) groups excluding carboxylic acids is 1. The Kier molecular flexibility index (Phi) is 6.24. The first-order valence-corrected chi connectivity index (χ1v) is 5.56. The zero-order valence-corrected chi connectivity index (χ0v) is 9.42. The van der Waals surface area contributed by atoms with Crippen LogP contribution in [-0.2, 0) is 4.79 Å². The van der Waals surface area contributed by atoms with E-state index < -0.39 is 24.7 Å². The summed E-state index contributed by atoms with van der Waals surface area (Å²) in [6, 6.07) is 0. The Bertz CT molecular complexity index is 208. The van der Waals surface area contributed by atoms with Crippen LogP contribution < -0.4 is 0 Å². The fourth-order valence-electron chi connectivity index (χ4n) is 0.920. The first-order valence-electron chi connectivity index (χ1n) is 4.57. The molecule has 0 bridgehead atoms. The van der Waals surface area contributed by atoms with Gasteiger partial charge in [0.05, 0.1) is 0 Å². The topological polar surface area (TPSA) is 17.1 Å². The largest absolute Gasteiger partial charge is 0.308 e. The lowest BCUT2D eigenvalue weighted by molar-refractivity contribution is -0.123. The molecule has 0 aliphatic carbocycles. The summed E-state index contributed by atoms with van der Waals surface area (Å²) >= 11 is 0.948. The van der Waals surface area contributed by atoms with Gasteiger partial charge in [-0.15, -0.1) is 0 Å². The van der Waals surface area contributed by atoms with Gasteiger partial charge in [-0.05, 0) is 19.8 Å². The number of hydrogen-bond acceptors (Lipinski definition) is 2. The molecule has 0 rings (SSSR count). The van der Waals surface area contributed by atoms with Crippen molar-refractivity contribution in [2.45, 2.75) is 45.0 Å². The second-order valence-electron chi connectivity index (χ2n) is 3.24. The van der Waals surface area contributed by atoms with Crippen LogP contribution in [0.15, 0.2) is 0 Å². The average molecular weight is 246 g/mol. The van der Waals surface area contributed by atoms with Gasteiger partial charge in [0.25, 0.3) is 0 Å². The van der Waals surface area contributed by atoms with Crippen molar-refractivity contribution in [1.29, 1.82) is 0 Å². The number of rotatable bonds is 6. The Morgan fingerprint density at radius 1 is 1.40 bits per heavy atom. The summed E-state index contributed by atoms with van der Waals surface area (Å²) in [6.45, 7) is 1.98. The quantitative estimate of drug-likeness (QED) is 0.528. The van der Waals surface area contributed by atoms with Crippen LogP contribution in [0.1, 0.15) is 26.7 Å². The fraction of sp³-hybridized carbons (Fsp3) is 0.889. The van der Waals surface area contributed by atoms with Crippen LogP contribution in [0.25, 0.3) is 0 Å². The Labute approximate surface area is 90.6 Å². The van der Waals surface area contributed by atoms with Crippen LogP contribution >= 0.6 is 11.8 Å². The molecule has 0 fully saturated rings. The standard InChI is InChI=1S/C9H14F4OS/c1-6(10)9(12,13)8(11)4-3-5-15-7(2)14/h6,8H,3-5H2,1-2H3.